The quantitative estimate of drug-likeness (QED) is 0.505. The number of nitrogens with zero attached hydrogens (tertiary/aromatic N) is 6. The molecule has 0 bridgehead atoms. The zero-order chi connectivity index (χ0) is 21.3. The molecule has 0 saturated carbocycles. The predicted molar refractivity (Wildman–Crippen MR) is 109 cm³/mol. The molecule has 3 heterocycles. The highest BCUT2D eigenvalue weighted by Gasteiger charge is 2.17. The summed E-state index contributed by atoms with van der Waals surface area (Å²) < 4.78 is 36.4. The van der Waals surface area contributed by atoms with Crippen molar-refractivity contribution in [3.05, 3.63) is 66.9 Å². The largest absolute Gasteiger partial charge is 0.439 e. The van der Waals surface area contributed by atoms with Crippen LogP contribution in [0.4, 0.5) is 5.69 Å². The highest BCUT2D eigenvalue weighted by Crippen LogP contribution is 2.24. The number of nitrogens with one attached hydrogen (secondary N) is 1. The molecule has 30 heavy (non-hydrogen) atoms. The summed E-state index contributed by atoms with van der Waals surface area (Å²) in [5.74, 6) is 1.49. The summed E-state index contributed by atoms with van der Waals surface area (Å²) in [6, 6.07) is 8.18. The van der Waals surface area contributed by atoms with Crippen molar-refractivity contribution in [2.45, 2.75) is 18.9 Å². The van der Waals surface area contributed by atoms with E-state index in [9.17, 15) is 8.42 Å². The fourth-order valence-electron chi connectivity index (χ4n) is 2.69. The second-order valence-corrected chi connectivity index (χ2v) is 8.24. The van der Waals surface area contributed by atoms with Crippen LogP contribution in [0, 0.1) is 13.8 Å². The zero-order valence-electron chi connectivity index (χ0n) is 16.5. The lowest BCUT2D eigenvalue weighted by Gasteiger charge is -2.09. The number of rotatable bonds is 6. The highest BCUT2D eigenvalue weighted by atomic mass is 32.2. The summed E-state index contributed by atoms with van der Waals surface area (Å²) in [6.45, 7) is 3.88. The maximum Gasteiger partial charge on any atom is 0.280 e. The molecule has 0 unspecified atom stereocenters. The van der Waals surface area contributed by atoms with E-state index in [1.807, 2.05) is 18.4 Å². The maximum absolute atomic E-state index is 12.3. The van der Waals surface area contributed by atoms with Gasteiger partial charge in [-0.25, -0.2) is 19.9 Å². The van der Waals surface area contributed by atoms with Gasteiger partial charge in [-0.15, -0.1) is 0 Å². The van der Waals surface area contributed by atoms with Crippen LogP contribution in [0.3, 0.4) is 0 Å². The first kappa shape index (κ1) is 19.6. The molecular formula is C19H19N7O3S. The fourth-order valence-corrected chi connectivity index (χ4v) is 3.74. The van der Waals surface area contributed by atoms with Crippen LogP contribution < -0.4 is 9.46 Å². The van der Waals surface area contributed by atoms with Crippen molar-refractivity contribution in [1.29, 1.82) is 0 Å². The number of hydrogen-bond acceptors (Lipinski definition) is 7. The van der Waals surface area contributed by atoms with Crippen molar-refractivity contribution in [3.63, 3.8) is 0 Å². The molecule has 3 aromatic heterocycles. The first-order valence-corrected chi connectivity index (χ1v) is 10.4. The third-order valence-corrected chi connectivity index (χ3v) is 5.68. The van der Waals surface area contributed by atoms with Gasteiger partial charge in [-0.2, -0.15) is 8.42 Å². The molecule has 0 aliphatic carbocycles. The van der Waals surface area contributed by atoms with Gasteiger partial charge >= 0.3 is 0 Å². The zero-order valence-corrected chi connectivity index (χ0v) is 17.3. The Morgan fingerprint density at radius 1 is 1.00 bits per heavy atom. The molecule has 0 atom stereocenters. The van der Waals surface area contributed by atoms with Crippen LogP contribution in [0.5, 0.6) is 11.6 Å². The van der Waals surface area contributed by atoms with Crippen molar-refractivity contribution in [3.8, 4) is 17.4 Å². The van der Waals surface area contributed by atoms with Gasteiger partial charge in [0.05, 0.1) is 12.0 Å². The maximum atomic E-state index is 12.3. The minimum atomic E-state index is -3.75. The lowest BCUT2D eigenvalue weighted by Crippen LogP contribution is -2.13. The second-order valence-electron chi connectivity index (χ2n) is 6.61. The average molecular weight is 425 g/mol. The van der Waals surface area contributed by atoms with Gasteiger partial charge in [0.2, 0.25) is 5.88 Å². The molecule has 0 aliphatic rings. The summed E-state index contributed by atoms with van der Waals surface area (Å²) in [7, 11) is -2.05. The average Bonchev–Trinajstić information content (AvgIpc) is 3.30. The van der Waals surface area contributed by atoms with Crippen molar-refractivity contribution in [2.75, 3.05) is 4.72 Å². The van der Waals surface area contributed by atoms with E-state index in [0.717, 1.165) is 11.4 Å². The molecule has 154 valence electrons. The Morgan fingerprint density at radius 3 is 2.40 bits per heavy atom. The first-order chi connectivity index (χ1) is 14.3. The minimum absolute atomic E-state index is 0.0520. The first-order valence-electron chi connectivity index (χ1n) is 8.93. The third kappa shape index (κ3) is 4.01. The van der Waals surface area contributed by atoms with Gasteiger partial charge in [0.1, 0.15) is 24.2 Å². The normalized spacial score (nSPS) is 11.4. The number of ether oxygens (including phenoxy) is 1. The van der Waals surface area contributed by atoms with Gasteiger partial charge < -0.3 is 9.30 Å². The van der Waals surface area contributed by atoms with Gasteiger partial charge in [0.25, 0.3) is 10.0 Å². The van der Waals surface area contributed by atoms with E-state index in [1.165, 1.54) is 18.9 Å². The van der Waals surface area contributed by atoms with E-state index in [2.05, 4.69) is 24.7 Å². The van der Waals surface area contributed by atoms with Crippen LogP contribution in [0.25, 0.3) is 5.82 Å². The van der Waals surface area contributed by atoms with E-state index in [-0.39, 0.29) is 5.03 Å². The van der Waals surface area contributed by atoms with Crippen molar-refractivity contribution < 1.29 is 13.2 Å². The summed E-state index contributed by atoms with van der Waals surface area (Å²) in [5.41, 5.74) is 2.28. The van der Waals surface area contributed by atoms with Gasteiger partial charge in [-0.3, -0.25) is 9.29 Å². The minimum Gasteiger partial charge on any atom is -0.439 e. The van der Waals surface area contributed by atoms with E-state index in [1.54, 1.807) is 48.3 Å². The monoisotopic (exact) mass is 425 g/mol. The van der Waals surface area contributed by atoms with Crippen LogP contribution in [-0.2, 0) is 17.1 Å². The molecule has 1 N–H and O–H groups in total. The van der Waals surface area contributed by atoms with Crippen molar-refractivity contribution in [1.82, 2.24) is 29.1 Å². The molecule has 0 aliphatic heterocycles. The number of benzene rings is 1. The summed E-state index contributed by atoms with van der Waals surface area (Å²) in [5, 5.41) is -0.0520. The van der Waals surface area contributed by atoms with Crippen LogP contribution >= 0.6 is 0 Å². The summed E-state index contributed by atoms with van der Waals surface area (Å²) in [4.78, 5) is 16.5. The van der Waals surface area contributed by atoms with Gasteiger partial charge in [0, 0.05) is 30.7 Å². The van der Waals surface area contributed by atoms with E-state index in [4.69, 9.17) is 4.74 Å². The molecular weight excluding hydrogens is 406 g/mol. The van der Waals surface area contributed by atoms with Gasteiger partial charge in [0.15, 0.2) is 5.03 Å². The topological polar surface area (TPSA) is 117 Å². The van der Waals surface area contributed by atoms with Gasteiger partial charge in [-0.1, -0.05) is 0 Å². The SMILES string of the molecule is Cc1ncn(-c2cc(Oc3ccc(NS(=O)(=O)c4cn(C)cn4)cc3)ncn2)c1C. The Hall–Kier alpha value is -3.73. The van der Waals surface area contributed by atoms with Crippen molar-refractivity contribution >= 4 is 15.7 Å². The molecule has 0 radical (unpaired) electrons. The molecule has 4 rings (SSSR count). The molecule has 0 spiro atoms. The lowest BCUT2D eigenvalue weighted by molar-refractivity contribution is 0.461. The predicted octanol–water partition coefficient (Wildman–Crippen LogP) is 2.61. The number of hydrogen-bond donors (Lipinski definition) is 1. The number of aromatic nitrogens is 6. The van der Waals surface area contributed by atoms with E-state index in [0.29, 0.717) is 23.1 Å². The fraction of sp³-hybridized carbons (Fsp3) is 0.158. The lowest BCUT2D eigenvalue weighted by atomic mass is 10.3. The number of anilines is 1. The molecule has 0 fully saturated rings. The number of imidazole rings is 2. The molecule has 10 nitrogen and oxygen atoms in total. The molecule has 1 aromatic carbocycles. The Kier molecular flexibility index (Phi) is 4.96. The van der Waals surface area contributed by atoms with Gasteiger partial charge in [-0.05, 0) is 38.1 Å². The number of sulfonamides is 1. The molecule has 0 amide bonds. The van der Waals surface area contributed by atoms with Crippen LogP contribution in [0.2, 0.25) is 0 Å². The summed E-state index contributed by atoms with van der Waals surface area (Å²) >= 11 is 0. The second kappa shape index (κ2) is 7.59. The molecule has 4 aromatic rings. The van der Waals surface area contributed by atoms with Crippen LogP contribution in [0.1, 0.15) is 11.4 Å². The Balaban J connectivity index is 1.49. The van der Waals surface area contributed by atoms with E-state index >= 15 is 0 Å². The van der Waals surface area contributed by atoms with Crippen LogP contribution in [0.15, 0.2) is 60.5 Å². The third-order valence-electron chi connectivity index (χ3n) is 4.41. The van der Waals surface area contributed by atoms with Crippen molar-refractivity contribution in [2.24, 2.45) is 7.05 Å². The molecule has 11 heteroatoms. The summed E-state index contributed by atoms with van der Waals surface area (Å²) in [6.07, 6.45) is 5.96. The Labute approximate surface area is 173 Å². The standard InChI is InChI=1S/C19H19N7O3S/c1-13-14(2)26(12-22-13)17-8-18(21-10-20-17)29-16-6-4-15(5-7-16)24-30(27,28)19-9-25(3)11-23-19/h4-12,24H,1-3H3. The number of aryl methyl sites for hydroxylation is 2. The Bertz CT molecular complexity index is 1290. The van der Waals surface area contributed by atoms with E-state index < -0.39 is 10.0 Å². The van der Waals surface area contributed by atoms with Crippen LogP contribution in [-0.4, -0.2) is 37.5 Å². The smallest absolute Gasteiger partial charge is 0.280 e. The Morgan fingerprint density at radius 2 is 1.77 bits per heavy atom. The molecule has 0 saturated heterocycles. The highest BCUT2D eigenvalue weighted by molar-refractivity contribution is 7.92.